The molecule has 0 fully saturated rings. The number of carbonyl (C=O) groups excluding carboxylic acids is 2. The third-order valence-corrected chi connectivity index (χ3v) is 3.04. The number of ether oxygens (including phenoxy) is 1. The van der Waals surface area contributed by atoms with Crippen molar-refractivity contribution in [3.63, 3.8) is 0 Å². The van der Waals surface area contributed by atoms with Gasteiger partial charge in [-0.1, -0.05) is 12.1 Å². The Morgan fingerprint density at radius 1 is 1.27 bits per heavy atom. The molecule has 1 amide bonds. The maximum absolute atomic E-state index is 11.6. The molecule has 0 saturated heterocycles. The molecular formula is C16H19N3O3. The lowest BCUT2D eigenvalue weighted by Crippen LogP contribution is -2.21. The molecule has 0 unspecified atom stereocenters. The molecule has 1 aromatic carbocycles. The van der Waals surface area contributed by atoms with E-state index in [9.17, 15) is 9.59 Å². The smallest absolute Gasteiger partial charge is 0.306 e. The molecule has 22 heavy (non-hydrogen) atoms. The third-order valence-electron chi connectivity index (χ3n) is 3.04. The van der Waals surface area contributed by atoms with E-state index in [1.807, 2.05) is 36.5 Å². The molecule has 0 spiro atoms. The number of carbonyl (C=O) groups is 2. The Hall–Kier alpha value is -2.63. The zero-order valence-corrected chi connectivity index (χ0v) is 12.5. The predicted molar refractivity (Wildman–Crippen MR) is 81.3 cm³/mol. The molecule has 1 N–H and O–H groups in total. The Morgan fingerprint density at radius 3 is 2.68 bits per heavy atom. The number of aromatic nitrogens is 2. The van der Waals surface area contributed by atoms with E-state index in [0.717, 1.165) is 11.3 Å². The van der Waals surface area contributed by atoms with Crippen LogP contribution in [0.3, 0.4) is 0 Å². The van der Waals surface area contributed by atoms with Crippen molar-refractivity contribution in [2.45, 2.75) is 26.4 Å². The Labute approximate surface area is 129 Å². The van der Waals surface area contributed by atoms with Gasteiger partial charge < -0.3 is 10.1 Å². The van der Waals surface area contributed by atoms with Crippen LogP contribution in [-0.4, -0.2) is 28.2 Å². The Balaban J connectivity index is 1.72. The summed E-state index contributed by atoms with van der Waals surface area (Å²) in [5.41, 5.74) is 1.88. The summed E-state index contributed by atoms with van der Waals surface area (Å²) >= 11 is 0. The zero-order valence-electron chi connectivity index (χ0n) is 12.5. The maximum atomic E-state index is 11.6. The van der Waals surface area contributed by atoms with Crippen molar-refractivity contribution in [1.82, 2.24) is 15.1 Å². The monoisotopic (exact) mass is 301 g/mol. The number of nitrogens with zero attached hydrogens (tertiary/aromatic N) is 2. The van der Waals surface area contributed by atoms with E-state index in [4.69, 9.17) is 4.74 Å². The summed E-state index contributed by atoms with van der Waals surface area (Å²) in [6.45, 7) is 2.19. The molecule has 1 heterocycles. The van der Waals surface area contributed by atoms with Crippen LogP contribution in [0.2, 0.25) is 0 Å². The van der Waals surface area contributed by atoms with Crippen molar-refractivity contribution < 1.29 is 14.3 Å². The predicted octanol–water partition coefficient (Wildman–Crippen LogP) is 1.83. The van der Waals surface area contributed by atoms with Crippen LogP contribution in [0, 0.1) is 0 Å². The highest BCUT2D eigenvalue weighted by atomic mass is 16.5. The van der Waals surface area contributed by atoms with Crippen LogP contribution in [0.1, 0.15) is 25.3 Å². The molecule has 0 atom stereocenters. The SMILES string of the molecule is CC(=O)NCCCC(=O)OCc1ccc(-n2cccn2)cc1. The minimum Gasteiger partial charge on any atom is -0.461 e. The highest BCUT2D eigenvalue weighted by Crippen LogP contribution is 2.10. The lowest BCUT2D eigenvalue weighted by atomic mass is 10.2. The van der Waals surface area contributed by atoms with E-state index in [1.165, 1.54) is 6.92 Å². The first kappa shape index (κ1) is 15.8. The van der Waals surface area contributed by atoms with E-state index >= 15 is 0 Å². The standard InChI is InChI=1S/C16H19N3O3/c1-13(20)17-9-2-4-16(21)22-12-14-5-7-15(8-6-14)19-11-3-10-18-19/h3,5-8,10-11H,2,4,9,12H2,1H3,(H,17,20). The van der Waals surface area contributed by atoms with E-state index < -0.39 is 0 Å². The van der Waals surface area contributed by atoms with Gasteiger partial charge in [0.25, 0.3) is 0 Å². The second-order valence-electron chi connectivity index (χ2n) is 4.86. The highest BCUT2D eigenvalue weighted by Gasteiger charge is 2.04. The van der Waals surface area contributed by atoms with Gasteiger partial charge in [-0.05, 0) is 30.2 Å². The highest BCUT2D eigenvalue weighted by molar-refractivity contribution is 5.73. The first-order valence-corrected chi connectivity index (χ1v) is 7.14. The van der Waals surface area contributed by atoms with Gasteiger partial charge in [-0.25, -0.2) is 4.68 Å². The number of hydrogen-bond acceptors (Lipinski definition) is 4. The molecule has 1 aromatic heterocycles. The molecule has 0 aliphatic rings. The van der Waals surface area contributed by atoms with E-state index in [2.05, 4.69) is 10.4 Å². The van der Waals surface area contributed by atoms with Gasteiger partial charge in [-0.2, -0.15) is 5.10 Å². The first-order chi connectivity index (χ1) is 10.6. The van der Waals surface area contributed by atoms with Crippen LogP contribution in [0.15, 0.2) is 42.7 Å². The summed E-state index contributed by atoms with van der Waals surface area (Å²) in [7, 11) is 0. The number of esters is 1. The number of nitrogens with one attached hydrogen (secondary N) is 1. The summed E-state index contributed by atoms with van der Waals surface area (Å²) in [4.78, 5) is 22.2. The maximum Gasteiger partial charge on any atom is 0.306 e. The molecule has 0 aliphatic carbocycles. The van der Waals surface area contributed by atoms with Crippen molar-refractivity contribution in [2.75, 3.05) is 6.54 Å². The summed E-state index contributed by atoms with van der Waals surface area (Å²) in [5.74, 6) is -0.354. The Bertz CT molecular complexity index is 606. The van der Waals surface area contributed by atoms with Crippen LogP contribution < -0.4 is 5.32 Å². The number of benzene rings is 1. The van der Waals surface area contributed by atoms with Gasteiger partial charge in [0.2, 0.25) is 5.91 Å². The van der Waals surface area contributed by atoms with Gasteiger partial charge in [-0.15, -0.1) is 0 Å². The Kier molecular flexibility index (Phi) is 5.71. The summed E-state index contributed by atoms with van der Waals surface area (Å²) < 4.78 is 6.95. The van der Waals surface area contributed by atoms with Crippen molar-refractivity contribution in [2.24, 2.45) is 0 Å². The van der Waals surface area contributed by atoms with Crippen LogP contribution in [0.25, 0.3) is 5.69 Å². The van der Waals surface area contributed by atoms with Crippen LogP contribution >= 0.6 is 0 Å². The van der Waals surface area contributed by atoms with Gasteiger partial charge in [0, 0.05) is 32.3 Å². The minimum atomic E-state index is -0.262. The van der Waals surface area contributed by atoms with Crippen molar-refractivity contribution >= 4 is 11.9 Å². The van der Waals surface area contributed by atoms with Crippen LogP contribution in [0.5, 0.6) is 0 Å². The second kappa shape index (κ2) is 7.97. The fourth-order valence-corrected chi connectivity index (χ4v) is 1.90. The molecule has 6 nitrogen and oxygen atoms in total. The summed E-state index contributed by atoms with van der Waals surface area (Å²) in [5, 5.41) is 6.79. The van der Waals surface area contributed by atoms with Gasteiger partial charge in [0.05, 0.1) is 5.69 Å². The van der Waals surface area contributed by atoms with Crippen molar-refractivity contribution in [1.29, 1.82) is 0 Å². The minimum absolute atomic E-state index is 0.0920. The van der Waals surface area contributed by atoms with Gasteiger partial charge in [0.1, 0.15) is 6.61 Å². The quantitative estimate of drug-likeness (QED) is 0.625. The van der Waals surface area contributed by atoms with Gasteiger partial charge >= 0.3 is 5.97 Å². The van der Waals surface area contributed by atoms with E-state index in [0.29, 0.717) is 19.4 Å². The molecule has 6 heteroatoms. The lowest BCUT2D eigenvalue weighted by molar-refractivity contribution is -0.145. The largest absolute Gasteiger partial charge is 0.461 e. The van der Waals surface area contributed by atoms with E-state index in [1.54, 1.807) is 10.9 Å². The molecule has 2 rings (SSSR count). The van der Waals surface area contributed by atoms with Crippen molar-refractivity contribution in [3.8, 4) is 5.69 Å². The van der Waals surface area contributed by atoms with Crippen LogP contribution in [0.4, 0.5) is 0 Å². The molecule has 2 aromatic rings. The number of hydrogen-bond donors (Lipinski definition) is 1. The molecular weight excluding hydrogens is 282 g/mol. The van der Waals surface area contributed by atoms with Crippen LogP contribution in [-0.2, 0) is 20.9 Å². The summed E-state index contributed by atoms with van der Waals surface area (Å²) in [6, 6.07) is 9.51. The molecule has 0 bridgehead atoms. The fourth-order valence-electron chi connectivity index (χ4n) is 1.90. The van der Waals surface area contributed by atoms with Gasteiger partial charge in [-0.3, -0.25) is 9.59 Å². The Morgan fingerprint density at radius 2 is 2.05 bits per heavy atom. The average molecular weight is 301 g/mol. The first-order valence-electron chi connectivity index (χ1n) is 7.14. The average Bonchev–Trinajstić information content (AvgIpc) is 3.04. The summed E-state index contributed by atoms with van der Waals surface area (Å²) in [6.07, 6.45) is 4.46. The van der Waals surface area contributed by atoms with Crippen molar-refractivity contribution in [3.05, 3.63) is 48.3 Å². The lowest BCUT2D eigenvalue weighted by Gasteiger charge is -2.07. The fraction of sp³-hybridized carbons (Fsp3) is 0.312. The molecule has 0 saturated carbocycles. The zero-order chi connectivity index (χ0) is 15.8. The molecule has 116 valence electrons. The third kappa shape index (κ3) is 5.05. The van der Waals surface area contributed by atoms with E-state index in [-0.39, 0.29) is 18.5 Å². The number of rotatable bonds is 7. The second-order valence-corrected chi connectivity index (χ2v) is 4.86. The van der Waals surface area contributed by atoms with Gasteiger partial charge in [0.15, 0.2) is 0 Å². The molecule has 0 radical (unpaired) electrons. The molecule has 0 aliphatic heterocycles. The topological polar surface area (TPSA) is 73.2 Å². The number of amides is 1. The normalized spacial score (nSPS) is 10.2.